The fourth-order valence-corrected chi connectivity index (χ4v) is 3.92. The van der Waals surface area contributed by atoms with E-state index in [1.165, 1.54) is 12.1 Å². The number of fused-ring (bicyclic) bond motifs is 1. The number of carbonyl (C=O) groups excluding carboxylic acids is 1. The van der Waals surface area contributed by atoms with Crippen molar-refractivity contribution in [3.05, 3.63) is 59.8 Å². The fourth-order valence-electron chi connectivity index (χ4n) is 3.92. The molecule has 3 aromatic rings. The maximum absolute atomic E-state index is 12.5. The van der Waals surface area contributed by atoms with Gasteiger partial charge in [0.25, 0.3) is 5.91 Å². The molecule has 2 aromatic carbocycles. The maximum Gasteiger partial charge on any atom is 0.573 e. The molecular weight excluding hydrogens is 425 g/mol. The summed E-state index contributed by atoms with van der Waals surface area (Å²) in [5.74, 6) is 0.00854. The molecule has 3 N–H and O–H groups in total. The Morgan fingerprint density at radius 3 is 2.50 bits per heavy atom. The number of ether oxygens (including phenoxy) is 2. The molecule has 0 bridgehead atoms. The van der Waals surface area contributed by atoms with Gasteiger partial charge in [0.05, 0.1) is 24.8 Å². The first-order chi connectivity index (χ1) is 15.3. The molecule has 1 aliphatic rings. The summed E-state index contributed by atoms with van der Waals surface area (Å²) < 4.78 is 48.2. The second-order valence-corrected chi connectivity index (χ2v) is 7.41. The van der Waals surface area contributed by atoms with Gasteiger partial charge in [-0.15, -0.1) is 13.2 Å². The molecule has 0 radical (unpaired) electrons. The van der Waals surface area contributed by atoms with Crippen molar-refractivity contribution in [3.63, 3.8) is 0 Å². The second kappa shape index (κ2) is 8.71. The van der Waals surface area contributed by atoms with Gasteiger partial charge in [-0.05, 0) is 49.4 Å². The number of carbonyl (C=O) groups is 1. The number of aromatic nitrogens is 1. The van der Waals surface area contributed by atoms with E-state index >= 15 is 0 Å². The van der Waals surface area contributed by atoms with Crippen LogP contribution >= 0.6 is 0 Å². The van der Waals surface area contributed by atoms with E-state index in [1.807, 2.05) is 18.2 Å². The van der Waals surface area contributed by atoms with E-state index in [0.717, 1.165) is 41.0 Å². The number of hydrogen-bond acceptors (Lipinski definition) is 5. The number of amides is 1. The standard InChI is InChI=1S/C22H23F3N4O3/c1-3-29-18-11-16(31-2)9-6-14(18)10-19(29)17-12-20(28-27-17)26-21(30)13-4-7-15(8-5-13)32-22(23,24)25/h4-11,17,20,27-28H,3,12H2,1-2H3,(H,26,30). The van der Waals surface area contributed by atoms with Gasteiger partial charge in [0.2, 0.25) is 0 Å². The fraction of sp³-hybridized carbons (Fsp3) is 0.318. The van der Waals surface area contributed by atoms with Crippen LogP contribution in [0.2, 0.25) is 0 Å². The zero-order valence-electron chi connectivity index (χ0n) is 17.5. The lowest BCUT2D eigenvalue weighted by Gasteiger charge is -2.14. The Bertz CT molecular complexity index is 1110. The molecule has 0 spiro atoms. The molecule has 2 atom stereocenters. The number of nitrogens with zero attached hydrogens (tertiary/aromatic N) is 1. The first kappa shape index (κ1) is 22.0. The third-order valence-electron chi connectivity index (χ3n) is 5.38. The topological polar surface area (TPSA) is 76.6 Å². The molecule has 32 heavy (non-hydrogen) atoms. The number of hydrogen-bond donors (Lipinski definition) is 3. The molecular formula is C22H23F3N4O3. The second-order valence-electron chi connectivity index (χ2n) is 7.41. The average molecular weight is 448 g/mol. The molecule has 1 amide bonds. The molecule has 170 valence electrons. The third-order valence-corrected chi connectivity index (χ3v) is 5.38. The Labute approximate surface area is 182 Å². The molecule has 1 saturated heterocycles. The molecule has 2 unspecified atom stereocenters. The van der Waals surface area contributed by atoms with E-state index in [-0.39, 0.29) is 23.5 Å². The van der Waals surface area contributed by atoms with Gasteiger partial charge >= 0.3 is 6.36 Å². The first-order valence-electron chi connectivity index (χ1n) is 10.1. The Kier molecular flexibility index (Phi) is 5.98. The van der Waals surface area contributed by atoms with Gasteiger partial charge in [-0.2, -0.15) is 0 Å². The highest BCUT2D eigenvalue weighted by Crippen LogP contribution is 2.31. The quantitative estimate of drug-likeness (QED) is 0.534. The average Bonchev–Trinajstić information content (AvgIpc) is 3.36. The maximum atomic E-state index is 12.5. The number of hydrazine groups is 1. The van der Waals surface area contributed by atoms with Crippen molar-refractivity contribution in [1.29, 1.82) is 0 Å². The van der Waals surface area contributed by atoms with E-state index in [2.05, 4.69) is 38.5 Å². The van der Waals surface area contributed by atoms with Crippen molar-refractivity contribution in [1.82, 2.24) is 20.7 Å². The van der Waals surface area contributed by atoms with E-state index in [0.29, 0.717) is 6.42 Å². The molecule has 1 fully saturated rings. The highest BCUT2D eigenvalue weighted by atomic mass is 19.4. The number of benzene rings is 2. The van der Waals surface area contributed by atoms with E-state index in [4.69, 9.17) is 4.74 Å². The summed E-state index contributed by atoms with van der Waals surface area (Å²) >= 11 is 0. The van der Waals surface area contributed by atoms with Crippen LogP contribution in [0.25, 0.3) is 10.9 Å². The van der Waals surface area contributed by atoms with E-state index < -0.39 is 12.3 Å². The van der Waals surface area contributed by atoms with Crippen LogP contribution in [-0.4, -0.2) is 30.1 Å². The van der Waals surface area contributed by atoms with Crippen LogP contribution in [0, 0.1) is 0 Å². The molecule has 0 aliphatic carbocycles. The summed E-state index contributed by atoms with van der Waals surface area (Å²) in [6, 6.07) is 12.8. The van der Waals surface area contributed by atoms with Crippen molar-refractivity contribution in [2.75, 3.05) is 7.11 Å². The van der Waals surface area contributed by atoms with Crippen LogP contribution in [0.3, 0.4) is 0 Å². The SMILES string of the molecule is CCn1c(C2CC(NC(=O)c3ccc(OC(F)(F)F)cc3)NN2)cc2ccc(OC)cc21. The summed E-state index contributed by atoms with van der Waals surface area (Å²) in [4.78, 5) is 12.5. The van der Waals surface area contributed by atoms with E-state index in [1.54, 1.807) is 7.11 Å². The Balaban J connectivity index is 1.43. The van der Waals surface area contributed by atoms with Crippen molar-refractivity contribution >= 4 is 16.8 Å². The van der Waals surface area contributed by atoms with Crippen molar-refractivity contribution < 1.29 is 27.4 Å². The molecule has 4 rings (SSSR count). The van der Waals surface area contributed by atoms with Gasteiger partial charge in [0, 0.05) is 35.7 Å². The summed E-state index contributed by atoms with van der Waals surface area (Å²) in [5.41, 5.74) is 8.67. The van der Waals surface area contributed by atoms with Crippen molar-refractivity contribution in [2.24, 2.45) is 0 Å². The van der Waals surface area contributed by atoms with E-state index in [9.17, 15) is 18.0 Å². The number of alkyl halides is 3. The number of rotatable bonds is 6. The molecule has 10 heteroatoms. The Morgan fingerprint density at radius 2 is 1.84 bits per heavy atom. The molecule has 7 nitrogen and oxygen atoms in total. The number of methoxy groups -OCH3 is 1. The van der Waals surface area contributed by atoms with Gasteiger partial charge in [-0.25, -0.2) is 10.9 Å². The minimum atomic E-state index is -4.77. The zero-order valence-corrected chi connectivity index (χ0v) is 17.5. The smallest absolute Gasteiger partial charge is 0.497 e. The highest BCUT2D eigenvalue weighted by Gasteiger charge is 2.31. The predicted molar refractivity (Wildman–Crippen MR) is 112 cm³/mol. The molecule has 1 aromatic heterocycles. The lowest BCUT2D eigenvalue weighted by Crippen LogP contribution is -2.44. The van der Waals surface area contributed by atoms with Crippen LogP contribution < -0.4 is 25.6 Å². The summed E-state index contributed by atoms with van der Waals surface area (Å²) in [5, 5.41) is 3.94. The van der Waals surface area contributed by atoms with Crippen LogP contribution in [0.1, 0.15) is 35.4 Å². The summed E-state index contributed by atoms with van der Waals surface area (Å²) in [7, 11) is 1.63. The first-order valence-corrected chi connectivity index (χ1v) is 10.1. The molecule has 0 saturated carbocycles. The largest absolute Gasteiger partial charge is 0.573 e. The van der Waals surface area contributed by atoms with Crippen LogP contribution in [0.5, 0.6) is 11.5 Å². The zero-order chi connectivity index (χ0) is 22.9. The van der Waals surface area contributed by atoms with Gasteiger partial charge < -0.3 is 19.4 Å². The number of nitrogens with one attached hydrogen (secondary N) is 3. The van der Waals surface area contributed by atoms with Crippen LogP contribution in [0.15, 0.2) is 48.5 Å². The summed E-state index contributed by atoms with van der Waals surface area (Å²) in [6.45, 7) is 2.84. The monoisotopic (exact) mass is 448 g/mol. The predicted octanol–water partition coefficient (Wildman–Crippen LogP) is 3.86. The van der Waals surface area contributed by atoms with Gasteiger partial charge in [0.1, 0.15) is 11.5 Å². The lowest BCUT2D eigenvalue weighted by atomic mass is 10.1. The van der Waals surface area contributed by atoms with Crippen molar-refractivity contribution in [2.45, 2.75) is 38.5 Å². The third kappa shape index (κ3) is 4.66. The lowest BCUT2D eigenvalue weighted by molar-refractivity contribution is -0.274. The Morgan fingerprint density at radius 1 is 1.12 bits per heavy atom. The van der Waals surface area contributed by atoms with Crippen molar-refractivity contribution in [3.8, 4) is 11.5 Å². The summed E-state index contributed by atoms with van der Waals surface area (Å²) in [6.07, 6.45) is -4.53. The number of halogens is 3. The number of aryl methyl sites for hydroxylation is 1. The highest BCUT2D eigenvalue weighted by molar-refractivity contribution is 5.94. The Hall–Kier alpha value is -3.24. The van der Waals surface area contributed by atoms with Crippen LogP contribution in [0.4, 0.5) is 13.2 Å². The van der Waals surface area contributed by atoms with Gasteiger partial charge in [0.15, 0.2) is 0 Å². The molecule has 1 aliphatic heterocycles. The van der Waals surface area contributed by atoms with Gasteiger partial charge in [-0.3, -0.25) is 4.79 Å². The normalized spacial score (nSPS) is 18.7. The minimum Gasteiger partial charge on any atom is -0.497 e. The van der Waals surface area contributed by atoms with Crippen LogP contribution in [-0.2, 0) is 6.54 Å². The van der Waals surface area contributed by atoms with Gasteiger partial charge in [-0.1, -0.05) is 0 Å². The molecule has 2 heterocycles. The minimum absolute atomic E-state index is 0.0405.